The molecule has 0 amide bonds. The van der Waals surface area contributed by atoms with Gasteiger partial charge in [0.15, 0.2) is 0 Å². The molecule has 3 aromatic carbocycles. The minimum Gasteiger partial charge on any atom is -0.478 e. The van der Waals surface area contributed by atoms with Crippen LogP contribution < -0.4 is 10.1 Å². The van der Waals surface area contributed by atoms with E-state index in [9.17, 15) is 0 Å². The maximum atomic E-state index is 6.21. The van der Waals surface area contributed by atoms with Crippen LogP contribution in [0.1, 0.15) is 5.56 Å². The van der Waals surface area contributed by atoms with E-state index in [2.05, 4.69) is 87.6 Å². The van der Waals surface area contributed by atoms with Crippen LogP contribution in [0.4, 0.5) is 0 Å². The van der Waals surface area contributed by atoms with Crippen molar-refractivity contribution in [1.82, 2.24) is 14.8 Å². The lowest BCUT2D eigenvalue weighted by Crippen LogP contribution is -2.40. The van der Waals surface area contributed by atoms with Crippen molar-refractivity contribution >= 4 is 21.8 Å². The van der Waals surface area contributed by atoms with Crippen LogP contribution in [0.5, 0.6) is 5.75 Å². The fraction of sp³-hybridized carbons (Fsp3) is 0.308. The third-order valence-corrected chi connectivity index (χ3v) is 5.98. The van der Waals surface area contributed by atoms with Gasteiger partial charge in [0.2, 0.25) is 0 Å². The largest absolute Gasteiger partial charge is 0.478 e. The number of rotatable bonds is 8. The van der Waals surface area contributed by atoms with Gasteiger partial charge < -0.3 is 14.0 Å². The van der Waals surface area contributed by atoms with Crippen molar-refractivity contribution in [2.75, 3.05) is 46.1 Å². The Kier molecular flexibility index (Phi) is 6.16. The summed E-state index contributed by atoms with van der Waals surface area (Å²) in [5, 5.41) is 5.85. The second-order valence-electron chi connectivity index (χ2n) is 7.98. The zero-order valence-electron chi connectivity index (χ0n) is 17.8. The highest BCUT2D eigenvalue weighted by atomic mass is 16.5. The maximum absolute atomic E-state index is 6.21. The molecule has 5 heteroatoms. The number of morpholine rings is 1. The molecular formula is C26H29N3O2. The second-order valence-corrected chi connectivity index (χ2v) is 7.98. The third-order valence-electron chi connectivity index (χ3n) is 5.98. The lowest BCUT2D eigenvalue weighted by molar-refractivity contribution is 0.0379. The molecule has 0 aliphatic carbocycles. The first-order chi connectivity index (χ1) is 15.4. The summed E-state index contributed by atoms with van der Waals surface area (Å²) in [6, 6.07) is 25.6. The number of ether oxygens (including phenoxy) is 2. The Morgan fingerprint density at radius 1 is 0.839 bits per heavy atom. The predicted molar refractivity (Wildman–Crippen MR) is 126 cm³/mol. The van der Waals surface area contributed by atoms with E-state index in [1.807, 2.05) is 0 Å². The summed E-state index contributed by atoms with van der Waals surface area (Å²) in [6.07, 6.45) is 0. The van der Waals surface area contributed by atoms with Crippen LogP contribution in [-0.4, -0.2) is 55.6 Å². The first kappa shape index (κ1) is 20.1. The lowest BCUT2D eigenvalue weighted by atomic mass is 10.1. The van der Waals surface area contributed by atoms with E-state index in [1.165, 1.54) is 27.4 Å². The Morgan fingerprint density at radius 2 is 1.61 bits per heavy atom. The van der Waals surface area contributed by atoms with E-state index in [1.54, 1.807) is 0 Å². The number of aromatic nitrogens is 1. The topological polar surface area (TPSA) is 38.7 Å². The summed E-state index contributed by atoms with van der Waals surface area (Å²) in [5.74, 6) is 0.930. The average molecular weight is 416 g/mol. The number of hydrogen-bond donors (Lipinski definition) is 1. The van der Waals surface area contributed by atoms with Crippen LogP contribution in [-0.2, 0) is 11.3 Å². The van der Waals surface area contributed by atoms with Gasteiger partial charge in [-0.2, -0.15) is 0 Å². The van der Waals surface area contributed by atoms with Gasteiger partial charge in [0.1, 0.15) is 12.5 Å². The Balaban J connectivity index is 1.35. The quantitative estimate of drug-likeness (QED) is 0.347. The van der Waals surface area contributed by atoms with Crippen molar-refractivity contribution in [3.63, 3.8) is 0 Å². The van der Waals surface area contributed by atoms with E-state index in [-0.39, 0.29) is 0 Å². The molecule has 1 aliphatic heterocycles. The van der Waals surface area contributed by atoms with Gasteiger partial charge in [0, 0.05) is 49.0 Å². The fourth-order valence-electron chi connectivity index (χ4n) is 4.38. The number of benzene rings is 3. The molecule has 0 saturated carbocycles. The van der Waals surface area contributed by atoms with Crippen LogP contribution in [0.2, 0.25) is 0 Å². The van der Waals surface area contributed by atoms with E-state index in [0.29, 0.717) is 6.73 Å². The molecule has 5 nitrogen and oxygen atoms in total. The van der Waals surface area contributed by atoms with Crippen molar-refractivity contribution in [2.45, 2.75) is 6.54 Å². The predicted octanol–water partition coefficient (Wildman–Crippen LogP) is 4.10. The van der Waals surface area contributed by atoms with Crippen molar-refractivity contribution in [1.29, 1.82) is 0 Å². The van der Waals surface area contributed by atoms with Crippen molar-refractivity contribution in [3.05, 3.63) is 78.4 Å². The maximum Gasteiger partial charge on any atom is 0.139 e. The highest BCUT2D eigenvalue weighted by Gasteiger charge is 2.15. The van der Waals surface area contributed by atoms with Crippen LogP contribution in [0.3, 0.4) is 0 Å². The molecule has 0 bridgehead atoms. The highest BCUT2D eigenvalue weighted by Crippen LogP contribution is 2.36. The highest BCUT2D eigenvalue weighted by molar-refractivity contribution is 6.11. The van der Waals surface area contributed by atoms with Crippen LogP contribution in [0.25, 0.3) is 21.8 Å². The Labute approximate surface area is 183 Å². The summed E-state index contributed by atoms with van der Waals surface area (Å²) < 4.78 is 14.0. The Bertz CT molecular complexity index is 1130. The zero-order valence-corrected chi connectivity index (χ0v) is 17.8. The summed E-state index contributed by atoms with van der Waals surface area (Å²) in [6.45, 7) is 6.98. The molecule has 1 N–H and O–H groups in total. The van der Waals surface area contributed by atoms with E-state index in [4.69, 9.17) is 9.47 Å². The summed E-state index contributed by atoms with van der Waals surface area (Å²) in [7, 11) is 0. The number of para-hydroxylation sites is 1. The normalized spacial score (nSPS) is 15.0. The van der Waals surface area contributed by atoms with Gasteiger partial charge in [-0.15, -0.1) is 0 Å². The van der Waals surface area contributed by atoms with Crippen molar-refractivity contribution in [3.8, 4) is 5.75 Å². The standard InChI is InChI=1S/C26H29N3O2/c1-2-7-21(8-3-1)19-29-23-10-5-4-9-22(23)26-24(29)11-6-12-25(26)31-20-27-13-14-28-15-17-30-18-16-28/h1-12,27H,13-20H2. The number of nitrogens with one attached hydrogen (secondary N) is 1. The molecule has 1 aliphatic rings. The van der Waals surface area contributed by atoms with E-state index < -0.39 is 0 Å². The van der Waals surface area contributed by atoms with Crippen molar-refractivity contribution in [2.24, 2.45) is 0 Å². The third kappa shape index (κ3) is 4.44. The van der Waals surface area contributed by atoms with Gasteiger partial charge in [-0.1, -0.05) is 54.6 Å². The molecular weight excluding hydrogens is 386 g/mol. The molecule has 2 heterocycles. The molecule has 0 radical (unpaired) electrons. The van der Waals surface area contributed by atoms with E-state index >= 15 is 0 Å². The average Bonchev–Trinajstić information content (AvgIpc) is 3.15. The lowest BCUT2D eigenvalue weighted by Gasteiger charge is -2.26. The van der Waals surface area contributed by atoms with E-state index in [0.717, 1.165) is 51.7 Å². The molecule has 1 fully saturated rings. The molecule has 160 valence electrons. The molecule has 0 atom stereocenters. The molecule has 31 heavy (non-hydrogen) atoms. The number of hydrogen-bond acceptors (Lipinski definition) is 4. The molecule has 0 unspecified atom stereocenters. The second kappa shape index (κ2) is 9.52. The Morgan fingerprint density at radius 3 is 2.48 bits per heavy atom. The molecule has 1 saturated heterocycles. The number of fused-ring (bicyclic) bond motifs is 3. The van der Waals surface area contributed by atoms with Crippen LogP contribution >= 0.6 is 0 Å². The minimum atomic E-state index is 0.502. The van der Waals surface area contributed by atoms with Gasteiger partial charge in [0.25, 0.3) is 0 Å². The smallest absolute Gasteiger partial charge is 0.139 e. The monoisotopic (exact) mass is 415 g/mol. The zero-order chi connectivity index (χ0) is 20.9. The van der Waals surface area contributed by atoms with Crippen LogP contribution in [0, 0.1) is 0 Å². The van der Waals surface area contributed by atoms with Crippen LogP contribution in [0.15, 0.2) is 72.8 Å². The summed E-state index contributed by atoms with van der Waals surface area (Å²) >= 11 is 0. The number of nitrogens with zero attached hydrogens (tertiary/aromatic N) is 2. The minimum absolute atomic E-state index is 0.502. The summed E-state index contributed by atoms with van der Waals surface area (Å²) in [4.78, 5) is 2.43. The van der Waals surface area contributed by atoms with Gasteiger partial charge in [-0.05, 0) is 23.8 Å². The van der Waals surface area contributed by atoms with Crippen molar-refractivity contribution < 1.29 is 9.47 Å². The molecule has 0 spiro atoms. The fourth-order valence-corrected chi connectivity index (χ4v) is 4.38. The Hall–Kier alpha value is -2.86. The SMILES string of the molecule is c1ccc(Cn2c3ccccc3c3c(OCNCCN4CCOCC4)cccc32)cc1. The van der Waals surface area contributed by atoms with Gasteiger partial charge in [-0.25, -0.2) is 0 Å². The van der Waals surface area contributed by atoms with Gasteiger partial charge in [-0.3, -0.25) is 10.2 Å². The molecule has 4 aromatic rings. The first-order valence-electron chi connectivity index (χ1n) is 11.1. The molecule has 1 aromatic heterocycles. The van der Waals surface area contributed by atoms with Gasteiger partial charge in [0.05, 0.1) is 18.7 Å². The van der Waals surface area contributed by atoms with Gasteiger partial charge >= 0.3 is 0 Å². The first-order valence-corrected chi connectivity index (χ1v) is 11.1. The summed E-state index contributed by atoms with van der Waals surface area (Å²) in [5.41, 5.74) is 3.73. The molecule has 5 rings (SSSR count).